The number of carbonyl (C=O) groups is 1. The minimum absolute atomic E-state index is 0.248. The molecule has 0 aromatic heterocycles. The van der Waals surface area contributed by atoms with Crippen molar-refractivity contribution in [3.63, 3.8) is 0 Å². The van der Waals surface area contributed by atoms with Crippen LogP contribution in [0.1, 0.15) is 5.56 Å². The molecular formula is C13H15NO6. The summed E-state index contributed by atoms with van der Waals surface area (Å²) < 4.78 is 9.44. The third kappa shape index (κ3) is 5.38. The summed E-state index contributed by atoms with van der Waals surface area (Å²) in [6.45, 7) is 0. The number of carbonyl (C=O) groups excluding carboxylic acids is 1. The lowest BCUT2D eigenvalue weighted by molar-refractivity contribution is -0.765. The smallest absolute Gasteiger partial charge is 0.330 e. The monoisotopic (exact) mass is 281 g/mol. The topological polar surface area (TPSA) is 87.9 Å². The van der Waals surface area contributed by atoms with Crippen LogP contribution < -0.4 is 4.74 Å². The molecule has 1 aromatic rings. The van der Waals surface area contributed by atoms with Crippen molar-refractivity contribution in [2.45, 2.75) is 12.5 Å². The minimum atomic E-state index is -0.893. The van der Waals surface area contributed by atoms with Crippen LogP contribution in [0.15, 0.2) is 36.4 Å². The Labute approximate surface area is 115 Å². The summed E-state index contributed by atoms with van der Waals surface area (Å²) in [5.74, 6) is 0.0854. The fourth-order valence-corrected chi connectivity index (χ4v) is 1.50. The van der Waals surface area contributed by atoms with E-state index >= 15 is 0 Å². The molecule has 0 heterocycles. The molecule has 0 saturated heterocycles. The van der Waals surface area contributed by atoms with Gasteiger partial charge < -0.3 is 14.3 Å². The standard InChI is InChI=1S/C13H15NO6/c1-18-11-5-3-10(4-6-11)9-12(20-14(16)17)7-8-13(15)19-2/h3-8,12H,9H2,1-2H3/b8-7+. The minimum Gasteiger partial charge on any atom is -0.497 e. The highest BCUT2D eigenvalue weighted by atomic mass is 17.0. The molecule has 0 amide bonds. The zero-order chi connectivity index (χ0) is 15.0. The van der Waals surface area contributed by atoms with Crippen molar-refractivity contribution in [1.82, 2.24) is 0 Å². The van der Waals surface area contributed by atoms with Gasteiger partial charge in [-0.3, -0.25) is 0 Å². The Morgan fingerprint density at radius 1 is 1.35 bits per heavy atom. The first-order chi connectivity index (χ1) is 9.55. The van der Waals surface area contributed by atoms with E-state index < -0.39 is 17.2 Å². The number of hydrogen-bond acceptors (Lipinski definition) is 6. The predicted molar refractivity (Wildman–Crippen MR) is 69.7 cm³/mol. The van der Waals surface area contributed by atoms with E-state index in [-0.39, 0.29) is 6.42 Å². The maximum absolute atomic E-state index is 11.0. The summed E-state index contributed by atoms with van der Waals surface area (Å²) in [5, 5.41) is 9.53. The van der Waals surface area contributed by atoms with Gasteiger partial charge in [0.25, 0.3) is 5.09 Å². The second-order valence-corrected chi connectivity index (χ2v) is 3.80. The van der Waals surface area contributed by atoms with Gasteiger partial charge in [-0.15, -0.1) is 10.1 Å². The van der Waals surface area contributed by atoms with Crippen molar-refractivity contribution in [3.05, 3.63) is 52.1 Å². The molecule has 1 unspecified atom stereocenters. The third-order valence-electron chi connectivity index (χ3n) is 2.47. The SMILES string of the molecule is COC(=O)/C=C/C(Cc1ccc(OC)cc1)O[N+](=O)[O-]. The van der Waals surface area contributed by atoms with Crippen molar-refractivity contribution >= 4 is 5.97 Å². The lowest BCUT2D eigenvalue weighted by atomic mass is 10.1. The summed E-state index contributed by atoms with van der Waals surface area (Å²) in [4.78, 5) is 25.9. The van der Waals surface area contributed by atoms with Crippen LogP contribution in [-0.4, -0.2) is 31.4 Å². The maximum atomic E-state index is 11.0. The average Bonchev–Trinajstić information content (AvgIpc) is 2.44. The zero-order valence-corrected chi connectivity index (χ0v) is 11.1. The van der Waals surface area contributed by atoms with E-state index in [1.807, 2.05) is 0 Å². The molecule has 0 saturated carbocycles. The van der Waals surface area contributed by atoms with E-state index in [9.17, 15) is 14.9 Å². The highest BCUT2D eigenvalue weighted by molar-refractivity contribution is 5.81. The summed E-state index contributed by atoms with van der Waals surface area (Å²) in [5.41, 5.74) is 0.812. The lowest BCUT2D eigenvalue weighted by Gasteiger charge is -2.11. The Morgan fingerprint density at radius 3 is 2.50 bits per heavy atom. The van der Waals surface area contributed by atoms with Gasteiger partial charge in [-0.25, -0.2) is 4.79 Å². The molecule has 7 nitrogen and oxygen atoms in total. The van der Waals surface area contributed by atoms with E-state index in [1.54, 1.807) is 31.4 Å². The van der Waals surface area contributed by atoms with Crippen LogP contribution >= 0.6 is 0 Å². The number of benzene rings is 1. The molecule has 108 valence electrons. The molecule has 0 aliphatic carbocycles. The molecule has 0 radical (unpaired) electrons. The van der Waals surface area contributed by atoms with Gasteiger partial charge in [0.1, 0.15) is 11.9 Å². The van der Waals surface area contributed by atoms with Crippen LogP contribution in [0.3, 0.4) is 0 Å². The largest absolute Gasteiger partial charge is 0.497 e. The van der Waals surface area contributed by atoms with Crippen LogP contribution in [0.2, 0.25) is 0 Å². The molecule has 1 rings (SSSR count). The number of rotatable bonds is 7. The fraction of sp³-hybridized carbons (Fsp3) is 0.308. The average molecular weight is 281 g/mol. The van der Waals surface area contributed by atoms with Crippen LogP contribution in [0.25, 0.3) is 0 Å². The van der Waals surface area contributed by atoms with Crippen molar-refractivity contribution in [3.8, 4) is 5.75 Å². The summed E-state index contributed by atoms with van der Waals surface area (Å²) in [6.07, 6.45) is 1.77. The second-order valence-electron chi connectivity index (χ2n) is 3.80. The molecule has 0 aliphatic heterocycles. The van der Waals surface area contributed by atoms with Crippen molar-refractivity contribution in [2.75, 3.05) is 14.2 Å². The van der Waals surface area contributed by atoms with Gasteiger partial charge in [0.05, 0.1) is 14.2 Å². The predicted octanol–water partition coefficient (Wildman–Crippen LogP) is 1.54. The van der Waals surface area contributed by atoms with Gasteiger partial charge in [0, 0.05) is 12.5 Å². The number of nitrogens with zero attached hydrogens (tertiary/aromatic N) is 1. The quantitative estimate of drug-likeness (QED) is 0.326. The maximum Gasteiger partial charge on any atom is 0.330 e. The molecule has 0 fully saturated rings. The second kappa shape index (κ2) is 7.78. The lowest BCUT2D eigenvalue weighted by Crippen LogP contribution is -2.18. The first-order valence-corrected chi connectivity index (χ1v) is 5.75. The fourth-order valence-electron chi connectivity index (χ4n) is 1.50. The zero-order valence-electron chi connectivity index (χ0n) is 11.1. The van der Waals surface area contributed by atoms with Crippen molar-refractivity contribution in [1.29, 1.82) is 0 Å². The van der Waals surface area contributed by atoms with Gasteiger partial charge in [-0.1, -0.05) is 12.1 Å². The van der Waals surface area contributed by atoms with Crippen LogP contribution in [-0.2, 0) is 20.8 Å². The molecule has 1 aromatic carbocycles. The van der Waals surface area contributed by atoms with E-state index in [2.05, 4.69) is 9.57 Å². The Hall–Kier alpha value is -2.57. The highest BCUT2D eigenvalue weighted by Crippen LogP contribution is 2.14. The van der Waals surface area contributed by atoms with Crippen LogP contribution in [0, 0.1) is 10.1 Å². The van der Waals surface area contributed by atoms with Gasteiger partial charge >= 0.3 is 5.97 Å². The number of methoxy groups -OCH3 is 2. The van der Waals surface area contributed by atoms with E-state index in [4.69, 9.17) is 4.74 Å². The Kier molecular flexibility index (Phi) is 6.02. The Bertz CT molecular complexity index is 482. The van der Waals surface area contributed by atoms with Gasteiger partial charge in [0.15, 0.2) is 0 Å². The summed E-state index contributed by atoms with van der Waals surface area (Å²) in [7, 11) is 2.77. The summed E-state index contributed by atoms with van der Waals surface area (Å²) in [6, 6.07) is 7.01. The van der Waals surface area contributed by atoms with Gasteiger partial charge in [0.2, 0.25) is 0 Å². The van der Waals surface area contributed by atoms with Crippen LogP contribution in [0.4, 0.5) is 0 Å². The Morgan fingerprint density at radius 2 is 2.00 bits per heavy atom. The molecule has 7 heteroatoms. The molecular weight excluding hydrogens is 266 g/mol. The molecule has 1 atom stereocenters. The number of hydrogen-bond donors (Lipinski definition) is 0. The molecule has 20 heavy (non-hydrogen) atoms. The molecule has 0 aliphatic rings. The molecule has 0 N–H and O–H groups in total. The first-order valence-electron chi connectivity index (χ1n) is 5.75. The Balaban J connectivity index is 2.74. The third-order valence-corrected chi connectivity index (χ3v) is 2.47. The highest BCUT2D eigenvalue weighted by Gasteiger charge is 2.12. The van der Waals surface area contributed by atoms with Crippen molar-refractivity contribution in [2.24, 2.45) is 0 Å². The number of ether oxygens (including phenoxy) is 2. The summed E-state index contributed by atoms with van der Waals surface area (Å²) >= 11 is 0. The first kappa shape index (κ1) is 15.5. The van der Waals surface area contributed by atoms with Crippen molar-refractivity contribution < 1.29 is 24.2 Å². The normalized spacial score (nSPS) is 11.9. The van der Waals surface area contributed by atoms with Crippen LogP contribution in [0.5, 0.6) is 5.75 Å². The van der Waals surface area contributed by atoms with E-state index in [0.717, 1.165) is 11.6 Å². The number of esters is 1. The molecule has 0 spiro atoms. The van der Waals surface area contributed by atoms with E-state index in [0.29, 0.717) is 5.75 Å². The van der Waals surface area contributed by atoms with Gasteiger partial charge in [-0.2, -0.15) is 0 Å². The van der Waals surface area contributed by atoms with Gasteiger partial charge in [-0.05, 0) is 23.8 Å². The molecule has 0 bridgehead atoms. The van der Waals surface area contributed by atoms with E-state index in [1.165, 1.54) is 13.2 Å².